The fourth-order valence-corrected chi connectivity index (χ4v) is 2.72. The van der Waals surface area contributed by atoms with Gasteiger partial charge in [-0.15, -0.1) is 6.58 Å². The van der Waals surface area contributed by atoms with Crippen LogP contribution in [0.1, 0.15) is 6.42 Å². The Morgan fingerprint density at radius 2 is 2.16 bits per heavy atom. The van der Waals surface area contributed by atoms with Gasteiger partial charge in [0.05, 0.1) is 10.6 Å². The molecule has 102 valence electrons. The summed E-state index contributed by atoms with van der Waals surface area (Å²) in [6.07, 6.45) is 3.10. The molecule has 1 saturated heterocycles. The average Bonchev–Trinajstić information content (AvgIpc) is 2.69. The zero-order valence-electron chi connectivity index (χ0n) is 10.5. The first-order valence-electron chi connectivity index (χ1n) is 5.79. The maximum atomic E-state index is 11.9. The number of carbonyl (C=O) groups excluding carboxylic acids is 1. The van der Waals surface area contributed by atoms with Crippen LogP contribution in [-0.4, -0.2) is 32.2 Å². The van der Waals surface area contributed by atoms with Gasteiger partial charge in [-0.25, -0.2) is 8.42 Å². The van der Waals surface area contributed by atoms with E-state index >= 15 is 0 Å². The predicted molar refractivity (Wildman–Crippen MR) is 71.9 cm³/mol. The lowest BCUT2D eigenvalue weighted by Gasteiger charge is -2.18. The van der Waals surface area contributed by atoms with Gasteiger partial charge in [-0.3, -0.25) is 4.79 Å². The third kappa shape index (κ3) is 2.63. The number of hydrogen-bond acceptors (Lipinski definition) is 4. The molecular formula is C13H15NO4S. The van der Waals surface area contributed by atoms with E-state index in [0.717, 1.165) is 6.26 Å². The second-order valence-corrected chi connectivity index (χ2v) is 6.64. The van der Waals surface area contributed by atoms with Crippen molar-refractivity contribution in [3.8, 4) is 5.75 Å². The summed E-state index contributed by atoms with van der Waals surface area (Å²) in [5.41, 5.74) is 0.234. The highest BCUT2D eigenvalue weighted by Gasteiger charge is 2.30. The molecule has 0 aliphatic carbocycles. The van der Waals surface area contributed by atoms with Gasteiger partial charge < -0.3 is 10.0 Å². The molecule has 5 nitrogen and oxygen atoms in total. The molecule has 1 amide bonds. The summed E-state index contributed by atoms with van der Waals surface area (Å²) in [6.45, 7) is 4.05. The minimum atomic E-state index is -3.38. The van der Waals surface area contributed by atoms with Crippen LogP contribution in [0.4, 0.5) is 5.69 Å². The summed E-state index contributed by atoms with van der Waals surface area (Å²) < 4.78 is 23.0. The van der Waals surface area contributed by atoms with E-state index in [4.69, 9.17) is 0 Å². The van der Waals surface area contributed by atoms with E-state index < -0.39 is 9.84 Å². The number of nitrogens with zero attached hydrogens (tertiary/aromatic N) is 1. The van der Waals surface area contributed by atoms with E-state index in [9.17, 15) is 18.3 Å². The standard InChI is InChI=1S/C13H15NO4S/c1-3-9-6-13(16)14(8-9)11-7-10(19(2,17)18)4-5-12(11)15/h3-5,7,9,15H,1,6,8H2,2H3. The van der Waals surface area contributed by atoms with Crippen LogP contribution in [0.15, 0.2) is 35.7 Å². The van der Waals surface area contributed by atoms with Crippen molar-refractivity contribution in [3.05, 3.63) is 30.9 Å². The Morgan fingerprint density at radius 1 is 1.47 bits per heavy atom. The SMILES string of the molecule is C=CC1CC(=O)N(c2cc(S(C)(=O)=O)ccc2O)C1. The molecule has 0 bridgehead atoms. The maximum absolute atomic E-state index is 11.9. The number of phenols is 1. The van der Waals surface area contributed by atoms with Crippen molar-refractivity contribution in [3.63, 3.8) is 0 Å². The van der Waals surface area contributed by atoms with Crippen molar-refractivity contribution in [1.29, 1.82) is 0 Å². The third-order valence-corrected chi connectivity index (χ3v) is 4.26. The summed E-state index contributed by atoms with van der Waals surface area (Å²) >= 11 is 0. The zero-order chi connectivity index (χ0) is 14.2. The molecule has 0 saturated carbocycles. The van der Waals surface area contributed by atoms with E-state index in [1.54, 1.807) is 6.08 Å². The van der Waals surface area contributed by atoms with Gasteiger partial charge in [0.15, 0.2) is 9.84 Å². The van der Waals surface area contributed by atoms with Crippen molar-refractivity contribution < 1.29 is 18.3 Å². The number of carbonyl (C=O) groups is 1. The Balaban J connectivity index is 2.45. The van der Waals surface area contributed by atoms with Crippen LogP contribution in [-0.2, 0) is 14.6 Å². The molecule has 1 heterocycles. The first-order valence-corrected chi connectivity index (χ1v) is 7.68. The van der Waals surface area contributed by atoms with Crippen molar-refractivity contribution >= 4 is 21.4 Å². The molecule has 1 aromatic carbocycles. The van der Waals surface area contributed by atoms with E-state index in [-0.39, 0.29) is 28.2 Å². The molecule has 1 atom stereocenters. The Morgan fingerprint density at radius 3 is 2.68 bits per heavy atom. The van der Waals surface area contributed by atoms with Gasteiger partial charge in [0.1, 0.15) is 5.75 Å². The normalized spacial score (nSPS) is 19.7. The van der Waals surface area contributed by atoms with E-state index in [2.05, 4.69) is 6.58 Å². The third-order valence-electron chi connectivity index (χ3n) is 3.15. The number of amides is 1. The highest BCUT2D eigenvalue weighted by Crippen LogP contribution is 2.34. The summed E-state index contributed by atoms with van der Waals surface area (Å²) in [5, 5.41) is 9.82. The van der Waals surface area contributed by atoms with Crippen LogP contribution >= 0.6 is 0 Å². The van der Waals surface area contributed by atoms with Crippen LogP contribution in [0.2, 0.25) is 0 Å². The quantitative estimate of drug-likeness (QED) is 0.848. The Hall–Kier alpha value is -1.82. The molecule has 0 radical (unpaired) electrons. The average molecular weight is 281 g/mol. The van der Waals surface area contributed by atoms with Gasteiger partial charge >= 0.3 is 0 Å². The second-order valence-electron chi connectivity index (χ2n) is 4.63. The van der Waals surface area contributed by atoms with Gasteiger partial charge in [0.25, 0.3) is 0 Å². The number of rotatable bonds is 3. The molecular weight excluding hydrogens is 266 g/mol. The molecule has 1 aliphatic rings. The van der Waals surface area contributed by atoms with Gasteiger partial charge in [-0.05, 0) is 18.2 Å². The van der Waals surface area contributed by atoms with Crippen molar-refractivity contribution in [2.24, 2.45) is 5.92 Å². The predicted octanol–water partition coefficient (Wildman–Crippen LogP) is 1.33. The number of sulfone groups is 1. The molecule has 2 rings (SSSR count). The van der Waals surface area contributed by atoms with Crippen LogP contribution in [0.25, 0.3) is 0 Å². The number of benzene rings is 1. The Kier molecular flexibility index (Phi) is 3.36. The van der Waals surface area contributed by atoms with E-state index in [1.807, 2.05) is 0 Å². The van der Waals surface area contributed by atoms with E-state index in [0.29, 0.717) is 13.0 Å². The molecule has 1 aliphatic heterocycles. The van der Waals surface area contributed by atoms with Crippen LogP contribution in [0.5, 0.6) is 5.75 Å². The molecule has 1 fully saturated rings. The maximum Gasteiger partial charge on any atom is 0.227 e. The van der Waals surface area contributed by atoms with Crippen molar-refractivity contribution in [1.82, 2.24) is 0 Å². The minimum absolute atomic E-state index is 0.0220. The largest absolute Gasteiger partial charge is 0.506 e. The van der Waals surface area contributed by atoms with Gasteiger partial charge in [-0.2, -0.15) is 0 Å². The first kappa shape index (κ1) is 13.6. The number of phenolic OH excluding ortho intramolecular Hbond substituents is 1. The molecule has 1 unspecified atom stereocenters. The Labute approximate surface area is 112 Å². The van der Waals surface area contributed by atoms with Gasteiger partial charge in [-0.1, -0.05) is 6.08 Å². The number of hydrogen-bond donors (Lipinski definition) is 1. The van der Waals surface area contributed by atoms with Gasteiger partial charge in [0.2, 0.25) is 5.91 Å². The first-order chi connectivity index (χ1) is 8.82. The van der Waals surface area contributed by atoms with Crippen LogP contribution in [0.3, 0.4) is 0 Å². The fraction of sp³-hybridized carbons (Fsp3) is 0.308. The monoisotopic (exact) mass is 281 g/mol. The molecule has 19 heavy (non-hydrogen) atoms. The van der Waals surface area contributed by atoms with Gasteiger partial charge in [0, 0.05) is 25.1 Å². The molecule has 0 aromatic heterocycles. The van der Waals surface area contributed by atoms with Crippen molar-refractivity contribution in [2.75, 3.05) is 17.7 Å². The highest BCUT2D eigenvalue weighted by atomic mass is 32.2. The van der Waals surface area contributed by atoms with Crippen molar-refractivity contribution in [2.45, 2.75) is 11.3 Å². The topological polar surface area (TPSA) is 74.7 Å². The fourth-order valence-electron chi connectivity index (χ4n) is 2.08. The summed E-state index contributed by atoms with van der Waals surface area (Å²) in [6, 6.07) is 3.94. The molecule has 1 N–H and O–H groups in total. The number of aromatic hydroxyl groups is 1. The summed E-state index contributed by atoms with van der Waals surface area (Å²) in [5.74, 6) is -0.231. The number of anilines is 1. The van der Waals surface area contributed by atoms with E-state index in [1.165, 1.54) is 23.1 Å². The lowest BCUT2D eigenvalue weighted by atomic mass is 10.1. The smallest absolute Gasteiger partial charge is 0.227 e. The van der Waals surface area contributed by atoms with Crippen LogP contribution in [0, 0.1) is 5.92 Å². The molecule has 6 heteroatoms. The molecule has 0 spiro atoms. The summed E-state index contributed by atoms with van der Waals surface area (Å²) in [4.78, 5) is 13.4. The minimum Gasteiger partial charge on any atom is -0.506 e. The molecule has 1 aromatic rings. The lowest BCUT2D eigenvalue weighted by molar-refractivity contribution is -0.117. The highest BCUT2D eigenvalue weighted by molar-refractivity contribution is 7.90. The zero-order valence-corrected chi connectivity index (χ0v) is 11.4. The van der Waals surface area contributed by atoms with Crippen LogP contribution < -0.4 is 4.90 Å². The Bertz CT molecular complexity index is 636. The summed E-state index contributed by atoms with van der Waals surface area (Å²) in [7, 11) is -3.38. The second kappa shape index (κ2) is 4.70. The lowest BCUT2D eigenvalue weighted by Crippen LogP contribution is -2.24.